The molecular weight excluding hydrogens is 955 g/mol. The molecule has 1 saturated heterocycles. The Bertz CT molecular complexity index is 1420. The average molecular weight is 1070 g/mol. The molecular formula is C65H119NO10. The lowest BCUT2D eigenvalue weighted by molar-refractivity contribution is -0.305. The summed E-state index contributed by atoms with van der Waals surface area (Å²) >= 11 is 0. The van der Waals surface area contributed by atoms with Gasteiger partial charge in [0.05, 0.1) is 25.4 Å². The highest BCUT2D eigenvalue weighted by Crippen LogP contribution is 2.26. The summed E-state index contributed by atoms with van der Waals surface area (Å²) < 4.78 is 17.6. The number of aliphatic hydroxyl groups excluding tert-OH is 5. The van der Waals surface area contributed by atoms with Gasteiger partial charge in [-0.1, -0.05) is 275 Å². The Kier molecular flexibility index (Phi) is 50.2. The van der Waals surface area contributed by atoms with E-state index >= 15 is 0 Å². The maximum atomic E-state index is 13.4. The number of carbonyl (C=O) groups is 2. The van der Waals surface area contributed by atoms with Gasteiger partial charge in [0.1, 0.15) is 24.4 Å². The molecule has 0 aliphatic carbocycles. The van der Waals surface area contributed by atoms with Gasteiger partial charge in [0, 0.05) is 6.42 Å². The van der Waals surface area contributed by atoms with E-state index in [0.29, 0.717) is 19.3 Å². The van der Waals surface area contributed by atoms with Crippen molar-refractivity contribution in [1.82, 2.24) is 5.32 Å². The van der Waals surface area contributed by atoms with Crippen molar-refractivity contribution in [2.75, 3.05) is 13.2 Å². The lowest BCUT2D eigenvalue weighted by Gasteiger charge is -2.41. The van der Waals surface area contributed by atoms with Gasteiger partial charge < -0.3 is 45.1 Å². The van der Waals surface area contributed by atoms with Crippen LogP contribution in [-0.2, 0) is 23.8 Å². The molecule has 1 heterocycles. The molecule has 11 nitrogen and oxygen atoms in total. The topological polar surface area (TPSA) is 175 Å². The number of hydrogen-bond donors (Lipinski definition) is 6. The van der Waals surface area contributed by atoms with Crippen molar-refractivity contribution in [3.63, 3.8) is 0 Å². The standard InChI is InChI=1S/C65H119NO10/c1-4-7-10-13-16-19-22-24-26-27-28-29-30-31-32-33-34-37-40-43-46-49-52-58(69)64(73)66-56(57(68)51-48-45-42-39-36-21-18-15-12-9-6-3)55-74-65-63(62(72)61(71)59(54-67)75-65)76-60(70)53-50-47-44-41-38-35-25-23-20-17-14-11-8-5-2/h8,11,17,20,25,35,48,51,56-59,61-63,65,67-69,71-72H,4-7,9-10,12-16,18-19,21-24,26-34,36-47,49-50,52-55H2,1-3H3,(H,66,73)/b11-8+,20-17+,35-25+,51-48+. The largest absolute Gasteiger partial charge is 0.454 e. The second kappa shape index (κ2) is 53.3. The molecule has 0 spiro atoms. The van der Waals surface area contributed by atoms with Crippen molar-refractivity contribution in [1.29, 1.82) is 0 Å². The Morgan fingerprint density at radius 3 is 1.42 bits per heavy atom. The summed E-state index contributed by atoms with van der Waals surface area (Å²) in [6.45, 7) is 5.68. The number of esters is 1. The van der Waals surface area contributed by atoms with Crippen LogP contribution in [0.15, 0.2) is 48.6 Å². The van der Waals surface area contributed by atoms with Crippen molar-refractivity contribution in [2.45, 2.75) is 339 Å². The molecule has 1 amide bonds. The Labute approximate surface area is 466 Å². The maximum Gasteiger partial charge on any atom is 0.306 e. The van der Waals surface area contributed by atoms with Gasteiger partial charge in [-0.15, -0.1) is 0 Å². The van der Waals surface area contributed by atoms with Crippen LogP contribution < -0.4 is 5.32 Å². The van der Waals surface area contributed by atoms with Gasteiger partial charge in [0.25, 0.3) is 0 Å². The van der Waals surface area contributed by atoms with Crippen LogP contribution in [0, 0.1) is 0 Å². The Morgan fingerprint density at radius 1 is 0.526 bits per heavy atom. The van der Waals surface area contributed by atoms with Crippen LogP contribution in [0.25, 0.3) is 0 Å². The SMILES string of the molecule is CC/C=C/C/C=C/C/C=C/CCCCCCC(=O)OC1C(OCC(NC(=O)C(O)CCCCCCCCCCCCCCCCCCCCCCCC)C(O)/C=C/CCCCCCCCCCC)OC(CO)C(O)C1O. The lowest BCUT2D eigenvalue weighted by Crippen LogP contribution is -2.61. The number of carbonyl (C=O) groups excluding carboxylic acids is 2. The molecule has 11 heteroatoms. The summed E-state index contributed by atoms with van der Waals surface area (Å²) in [4.78, 5) is 26.5. The van der Waals surface area contributed by atoms with Crippen molar-refractivity contribution >= 4 is 11.9 Å². The van der Waals surface area contributed by atoms with E-state index in [-0.39, 0.29) is 13.0 Å². The zero-order chi connectivity index (χ0) is 55.4. The van der Waals surface area contributed by atoms with E-state index in [9.17, 15) is 35.1 Å². The number of rotatable bonds is 54. The van der Waals surface area contributed by atoms with Crippen molar-refractivity contribution < 1.29 is 49.3 Å². The molecule has 0 radical (unpaired) electrons. The van der Waals surface area contributed by atoms with E-state index in [1.807, 2.05) is 6.08 Å². The number of nitrogens with one attached hydrogen (secondary N) is 1. The van der Waals surface area contributed by atoms with Crippen LogP contribution in [0.3, 0.4) is 0 Å². The first-order valence-corrected chi connectivity index (χ1v) is 31.9. The quantitative estimate of drug-likeness (QED) is 0.0195. The monoisotopic (exact) mass is 1070 g/mol. The highest BCUT2D eigenvalue weighted by Gasteiger charge is 2.47. The van der Waals surface area contributed by atoms with Gasteiger partial charge in [-0.25, -0.2) is 0 Å². The molecule has 0 bridgehead atoms. The molecule has 76 heavy (non-hydrogen) atoms. The number of allylic oxidation sites excluding steroid dienone is 7. The third-order valence-corrected chi connectivity index (χ3v) is 15.0. The fourth-order valence-electron chi connectivity index (χ4n) is 9.96. The van der Waals surface area contributed by atoms with E-state index in [1.165, 1.54) is 161 Å². The number of unbranched alkanes of at least 4 members (excludes halogenated alkanes) is 34. The molecule has 0 saturated carbocycles. The zero-order valence-electron chi connectivity index (χ0n) is 49.1. The van der Waals surface area contributed by atoms with Crippen LogP contribution in [0.2, 0.25) is 0 Å². The summed E-state index contributed by atoms with van der Waals surface area (Å²) in [7, 11) is 0. The average Bonchev–Trinajstić information content (AvgIpc) is 3.42. The van der Waals surface area contributed by atoms with Gasteiger partial charge in [0.15, 0.2) is 12.4 Å². The molecule has 1 aliphatic rings. The smallest absolute Gasteiger partial charge is 0.306 e. The van der Waals surface area contributed by atoms with Crippen LogP contribution in [0.1, 0.15) is 290 Å². The molecule has 1 rings (SSSR count). The van der Waals surface area contributed by atoms with E-state index in [2.05, 4.69) is 62.5 Å². The Morgan fingerprint density at radius 2 is 0.947 bits per heavy atom. The van der Waals surface area contributed by atoms with E-state index in [4.69, 9.17) is 14.2 Å². The number of aliphatic hydroxyl groups is 5. The van der Waals surface area contributed by atoms with E-state index < -0.39 is 67.4 Å². The van der Waals surface area contributed by atoms with Crippen molar-refractivity contribution in [3.8, 4) is 0 Å². The fraction of sp³-hybridized carbons (Fsp3) is 0.846. The predicted molar refractivity (Wildman–Crippen MR) is 315 cm³/mol. The van der Waals surface area contributed by atoms with Gasteiger partial charge >= 0.3 is 5.97 Å². The lowest BCUT2D eigenvalue weighted by atomic mass is 9.99. The van der Waals surface area contributed by atoms with Crippen molar-refractivity contribution in [3.05, 3.63) is 48.6 Å². The first-order chi connectivity index (χ1) is 37.2. The summed E-state index contributed by atoms with van der Waals surface area (Å²) in [5.74, 6) is -1.21. The Hall–Kier alpha value is -2.38. The van der Waals surface area contributed by atoms with Crippen LogP contribution in [0.5, 0.6) is 0 Å². The van der Waals surface area contributed by atoms with Gasteiger partial charge in [-0.2, -0.15) is 0 Å². The van der Waals surface area contributed by atoms with Gasteiger partial charge in [-0.3, -0.25) is 9.59 Å². The number of ether oxygens (including phenoxy) is 3. The third kappa shape index (κ3) is 40.8. The van der Waals surface area contributed by atoms with Gasteiger partial charge in [0.2, 0.25) is 5.91 Å². The number of hydrogen-bond acceptors (Lipinski definition) is 10. The molecule has 6 N–H and O–H groups in total. The molecule has 1 aliphatic heterocycles. The molecule has 8 atom stereocenters. The summed E-state index contributed by atoms with van der Waals surface area (Å²) in [6.07, 6.45) is 54.5. The molecule has 0 aromatic rings. The minimum Gasteiger partial charge on any atom is -0.454 e. The van der Waals surface area contributed by atoms with Crippen LogP contribution in [-0.4, -0.2) is 99.6 Å². The predicted octanol–water partition coefficient (Wildman–Crippen LogP) is 15.2. The molecule has 8 unspecified atom stereocenters. The van der Waals surface area contributed by atoms with Crippen molar-refractivity contribution in [2.24, 2.45) is 0 Å². The van der Waals surface area contributed by atoms with Crippen LogP contribution >= 0.6 is 0 Å². The first kappa shape index (κ1) is 71.6. The second-order valence-corrected chi connectivity index (χ2v) is 22.1. The Balaban J connectivity index is 2.61. The molecule has 0 aromatic carbocycles. The highest BCUT2D eigenvalue weighted by molar-refractivity contribution is 5.80. The second-order valence-electron chi connectivity index (χ2n) is 22.1. The summed E-state index contributed by atoms with van der Waals surface area (Å²) in [5, 5.41) is 56.9. The summed E-state index contributed by atoms with van der Waals surface area (Å²) in [5.41, 5.74) is 0. The zero-order valence-corrected chi connectivity index (χ0v) is 49.1. The summed E-state index contributed by atoms with van der Waals surface area (Å²) in [6, 6.07) is -1.03. The van der Waals surface area contributed by atoms with Crippen LogP contribution in [0.4, 0.5) is 0 Å². The fourth-order valence-corrected chi connectivity index (χ4v) is 9.96. The molecule has 444 valence electrons. The normalized spacial score (nSPS) is 19.4. The van der Waals surface area contributed by atoms with E-state index in [0.717, 1.165) is 83.5 Å². The van der Waals surface area contributed by atoms with E-state index in [1.54, 1.807) is 6.08 Å². The highest BCUT2D eigenvalue weighted by atomic mass is 16.7. The van der Waals surface area contributed by atoms with Gasteiger partial charge in [-0.05, 0) is 57.8 Å². The maximum absolute atomic E-state index is 13.4. The first-order valence-electron chi connectivity index (χ1n) is 31.9. The minimum atomic E-state index is -1.62. The molecule has 1 fully saturated rings. The third-order valence-electron chi connectivity index (χ3n) is 15.0. The minimum absolute atomic E-state index is 0.0984. The molecule has 0 aromatic heterocycles. The number of amides is 1.